The Morgan fingerprint density at radius 2 is 1.33 bits per heavy atom. The van der Waals surface area contributed by atoms with Gasteiger partial charge in [-0.05, 0) is 52.8 Å². The molecule has 0 heterocycles. The molecule has 0 bridgehead atoms. The molecule has 2 aliphatic carbocycles. The number of hydrogen-bond donors (Lipinski definition) is 1. The highest BCUT2D eigenvalue weighted by atomic mass is 32.2. The van der Waals surface area contributed by atoms with E-state index in [2.05, 4.69) is 12.2 Å². The van der Waals surface area contributed by atoms with Crippen molar-refractivity contribution in [1.82, 2.24) is 0 Å². The molecule has 0 aromatic heterocycles. The van der Waals surface area contributed by atoms with E-state index < -0.39 is 10.7 Å². The Morgan fingerprint density at radius 1 is 0.833 bits per heavy atom. The van der Waals surface area contributed by atoms with Crippen LogP contribution in [0.15, 0.2) is 60.7 Å². The maximum absolute atomic E-state index is 13.2. The third kappa shape index (κ3) is 2.94. The van der Waals surface area contributed by atoms with Gasteiger partial charge in [0.2, 0.25) is 0 Å². The fourth-order valence-corrected chi connectivity index (χ4v) is 3.76. The van der Waals surface area contributed by atoms with E-state index in [1.165, 1.54) is 12.1 Å². The second-order valence-electron chi connectivity index (χ2n) is 6.54. The highest BCUT2D eigenvalue weighted by Crippen LogP contribution is 2.57. The predicted octanol–water partition coefficient (Wildman–Crippen LogP) is 4.20. The van der Waals surface area contributed by atoms with Crippen molar-refractivity contribution in [2.45, 2.75) is 18.6 Å². The van der Waals surface area contributed by atoms with Crippen molar-refractivity contribution in [3.05, 3.63) is 83.2 Å². The van der Waals surface area contributed by atoms with Crippen LogP contribution in [0.4, 0.5) is 4.39 Å². The number of rotatable bonds is 4. The molecule has 4 heteroatoms. The van der Waals surface area contributed by atoms with Gasteiger partial charge in [-0.2, -0.15) is 0 Å². The maximum Gasteiger partial charge on any atom is 0.144 e. The van der Waals surface area contributed by atoms with Gasteiger partial charge in [0, 0.05) is 5.41 Å². The summed E-state index contributed by atoms with van der Waals surface area (Å²) in [5, 5.41) is 0. The van der Waals surface area contributed by atoms with E-state index in [4.69, 9.17) is 0 Å². The fraction of sp³-hybridized carbons (Fsp3) is 0.200. The molecule has 122 valence electrons. The molecule has 24 heavy (non-hydrogen) atoms. The summed E-state index contributed by atoms with van der Waals surface area (Å²) < 4.78 is 34.9. The molecule has 0 N–H and O–H groups in total. The van der Waals surface area contributed by atoms with Gasteiger partial charge in [0.15, 0.2) is 0 Å². The van der Waals surface area contributed by atoms with Gasteiger partial charge in [-0.25, -0.2) is 12.8 Å². The first kappa shape index (κ1) is 15.3. The number of allylic oxidation sites excluding steroid dienone is 4. The zero-order valence-corrected chi connectivity index (χ0v) is 13.9. The SMILES string of the molecule is O=[SH](=O)Cc1ccc(C2=CC3(C=C2c2ccc(F)cc2)CC3)cc1. The largest absolute Gasteiger partial charge is 0.232 e. The van der Waals surface area contributed by atoms with E-state index in [1.807, 2.05) is 36.4 Å². The highest BCUT2D eigenvalue weighted by molar-refractivity contribution is 7.71. The summed E-state index contributed by atoms with van der Waals surface area (Å²) in [7, 11) is -2.41. The van der Waals surface area contributed by atoms with Crippen LogP contribution in [0.3, 0.4) is 0 Å². The van der Waals surface area contributed by atoms with Crippen molar-refractivity contribution in [1.29, 1.82) is 0 Å². The second-order valence-corrected chi connectivity index (χ2v) is 7.53. The smallest absolute Gasteiger partial charge is 0.144 e. The van der Waals surface area contributed by atoms with Gasteiger partial charge in [-0.3, -0.25) is 0 Å². The van der Waals surface area contributed by atoms with Crippen molar-refractivity contribution < 1.29 is 12.8 Å². The van der Waals surface area contributed by atoms with Crippen molar-refractivity contribution in [3.63, 3.8) is 0 Å². The lowest BCUT2D eigenvalue weighted by Crippen LogP contribution is -1.91. The molecule has 2 aromatic rings. The number of benzene rings is 2. The van der Waals surface area contributed by atoms with Crippen LogP contribution in [0, 0.1) is 11.2 Å². The van der Waals surface area contributed by atoms with E-state index in [1.54, 1.807) is 0 Å². The number of thiol groups is 1. The van der Waals surface area contributed by atoms with Crippen LogP contribution in [0.5, 0.6) is 0 Å². The Kier molecular flexibility index (Phi) is 3.65. The minimum Gasteiger partial charge on any atom is -0.232 e. The quantitative estimate of drug-likeness (QED) is 0.847. The van der Waals surface area contributed by atoms with Crippen LogP contribution in [-0.4, -0.2) is 8.42 Å². The van der Waals surface area contributed by atoms with Crippen LogP contribution in [0.2, 0.25) is 0 Å². The first-order valence-electron chi connectivity index (χ1n) is 7.98. The van der Waals surface area contributed by atoms with Gasteiger partial charge in [-0.1, -0.05) is 48.6 Å². The van der Waals surface area contributed by atoms with Crippen LogP contribution >= 0.6 is 0 Å². The lowest BCUT2D eigenvalue weighted by Gasteiger charge is -2.10. The fourth-order valence-electron chi connectivity index (χ4n) is 3.25. The average molecular weight is 340 g/mol. The molecule has 0 unspecified atom stereocenters. The number of halogens is 1. The Balaban J connectivity index is 1.70. The lowest BCUT2D eigenvalue weighted by atomic mass is 9.94. The van der Waals surface area contributed by atoms with Gasteiger partial charge >= 0.3 is 0 Å². The zero-order valence-electron chi connectivity index (χ0n) is 13.0. The zero-order chi connectivity index (χ0) is 16.7. The van der Waals surface area contributed by atoms with Crippen molar-refractivity contribution in [2.75, 3.05) is 0 Å². The standard InChI is InChI=1S/C20H17FO2S/c21-17-7-5-16(6-8-17)19-12-20(9-10-20)11-18(19)15-3-1-14(2-4-15)13-24(22)23/h1-8,11-12,24H,9-10,13H2. The summed E-state index contributed by atoms with van der Waals surface area (Å²) >= 11 is 0. The molecule has 0 atom stereocenters. The van der Waals surface area contributed by atoms with E-state index >= 15 is 0 Å². The molecule has 2 aliphatic rings. The molecule has 0 amide bonds. The number of hydrogen-bond acceptors (Lipinski definition) is 2. The topological polar surface area (TPSA) is 34.1 Å². The molecule has 4 rings (SSSR count). The Hall–Kier alpha value is -2.20. The molecule has 1 fully saturated rings. The molecule has 2 nitrogen and oxygen atoms in total. The van der Waals surface area contributed by atoms with E-state index in [-0.39, 0.29) is 17.0 Å². The Labute approximate surface area is 142 Å². The third-order valence-electron chi connectivity index (χ3n) is 4.71. The van der Waals surface area contributed by atoms with Crippen LogP contribution < -0.4 is 0 Å². The van der Waals surface area contributed by atoms with Gasteiger partial charge in [0.1, 0.15) is 16.5 Å². The van der Waals surface area contributed by atoms with Gasteiger partial charge in [0.25, 0.3) is 0 Å². The predicted molar refractivity (Wildman–Crippen MR) is 94.5 cm³/mol. The summed E-state index contributed by atoms with van der Waals surface area (Å²) in [4.78, 5) is 0. The second kappa shape index (κ2) is 5.71. The van der Waals surface area contributed by atoms with E-state index in [0.717, 1.165) is 40.7 Å². The molecule has 1 spiro atoms. The van der Waals surface area contributed by atoms with Crippen molar-refractivity contribution >= 4 is 21.9 Å². The van der Waals surface area contributed by atoms with E-state index in [9.17, 15) is 12.8 Å². The maximum atomic E-state index is 13.2. The highest BCUT2D eigenvalue weighted by Gasteiger charge is 2.43. The molecule has 0 aliphatic heterocycles. The summed E-state index contributed by atoms with van der Waals surface area (Å²) in [5.74, 6) is -0.167. The van der Waals surface area contributed by atoms with E-state index in [0.29, 0.717) is 0 Å². The molecular weight excluding hydrogens is 323 g/mol. The van der Waals surface area contributed by atoms with Crippen LogP contribution in [-0.2, 0) is 16.5 Å². The molecule has 0 saturated heterocycles. The normalized spacial score (nSPS) is 17.9. The monoisotopic (exact) mass is 340 g/mol. The summed E-state index contributed by atoms with van der Waals surface area (Å²) in [6, 6.07) is 14.3. The average Bonchev–Trinajstić information content (AvgIpc) is 3.20. The summed E-state index contributed by atoms with van der Waals surface area (Å²) in [6.07, 6.45) is 6.89. The minimum atomic E-state index is -2.41. The Bertz CT molecular complexity index is 907. The van der Waals surface area contributed by atoms with Crippen LogP contribution in [0.1, 0.15) is 29.5 Å². The minimum absolute atomic E-state index is 0.0687. The van der Waals surface area contributed by atoms with Crippen molar-refractivity contribution in [3.8, 4) is 0 Å². The molecule has 1 saturated carbocycles. The molecule has 0 radical (unpaired) electrons. The Morgan fingerprint density at radius 3 is 1.79 bits per heavy atom. The van der Waals surface area contributed by atoms with Gasteiger partial charge < -0.3 is 0 Å². The first-order chi connectivity index (χ1) is 11.5. The molecular formula is C20H17FO2S. The van der Waals surface area contributed by atoms with Crippen LogP contribution in [0.25, 0.3) is 11.1 Å². The van der Waals surface area contributed by atoms with Gasteiger partial charge in [0.05, 0.1) is 5.75 Å². The summed E-state index contributed by atoms with van der Waals surface area (Å²) in [6.45, 7) is 0. The van der Waals surface area contributed by atoms with Crippen molar-refractivity contribution in [2.24, 2.45) is 5.41 Å². The summed E-state index contributed by atoms with van der Waals surface area (Å²) in [5.41, 5.74) is 5.32. The lowest BCUT2D eigenvalue weighted by molar-refractivity contribution is 0.614. The molecule has 2 aromatic carbocycles. The first-order valence-corrected chi connectivity index (χ1v) is 9.34. The van der Waals surface area contributed by atoms with Gasteiger partial charge in [-0.15, -0.1) is 0 Å². The third-order valence-corrected chi connectivity index (χ3v) is 5.34.